The van der Waals surface area contributed by atoms with Crippen LogP contribution in [0.15, 0.2) is 109 Å². The lowest BCUT2D eigenvalue weighted by Gasteiger charge is -2.20. The largest absolute Gasteiger partial charge is 0.480 e. The summed E-state index contributed by atoms with van der Waals surface area (Å²) in [5, 5.41) is 18.7. The fourth-order valence-electron chi connectivity index (χ4n) is 4.77. The Morgan fingerprint density at radius 2 is 1.17 bits per heavy atom. The lowest BCUT2D eigenvalue weighted by atomic mass is 10.1. The van der Waals surface area contributed by atoms with E-state index >= 15 is 0 Å². The summed E-state index contributed by atoms with van der Waals surface area (Å²) in [5.74, 6) is -2.58. The van der Waals surface area contributed by atoms with Gasteiger partial charge >= 0.3 is 25.7 Å². The highest BCUT2D eigenvalue weighted by atomic mass is 31.2. The lowest BCUT2D eigenvalue weighted by Crippen LogP contribution is -2.34. The molecule has 332 valence electrons. The second-order valence-corrected chi connectivity index (χ2v) is 15.0. The first-order valence-electron chi connectivity index (χ1n) is 21.0. The Bertz CT molecular complexity index is 1430. The Morgan fingerprint density at radius 1 is 0.627 bits per heavy atom. The van der Waals surface area contributed by atoms with Crippen molar-refractivity contribution in [1.82, 2.24) is 0 Å². The number of rotatable bonds is 37. The monoisotopic (exact) mass is 845 g/mol. The molecule has 5 N–H and O–H groups in total. The van der Waals surface area contributed by atoms with Crippen molar-refractivity contribution in [2.45, 2.75) is 141 Å². The zero-order valence-corrected chi connectivity index (χ0v) is 36.3. The van der Waals surface area contributed by atoms with E-state index in [0.717, 1.165) is 51.4 Å². The molecule has 0 aromatic heterocycles. The van der Waals surface area contributed by atoms with Crippen LogP contribution in [0.1, 0.15) is 123 Å². The molecule has 0 bridgehead atoms. The molecule has 0 amide bonds. The number of carbonyl (C=O) groups excluding carboxylic acids is 2. The first kappa shape index (κ1) is 55.1. The van der Waals surface area contributed by atoms with Gasteiger partial charge in [-0.2, -0.15) is 0 Å². The van der Waals surface area contributed by atoms with Crippen molar-refractivity contribution in [3.8, 4) is 0 Å². The van der Waals surface area contributed by atoms with E-state index in [-0.39, 0.29) is 12.8 Å². The highest BCUT2D eigenvalue weighted by Gasteiger charge is 2.28. The third-order valence-corrected chi connectivity index (χ3v) is 9.05. The van der Waals surface area contributed by atoms with Crippen LogP contribution in [0.4, 0.5) is 0 Å². The number of aliphatic hydroxyl groups excluding tert-OH is 1. The molecule has 59 heavy (non-hydrogen) atoms. The Hall–Kier alpha value is -3.90. The summed E-state index contributed by atoms with van der Waals surface area (Å²) in [6.45, 7) is 2.41. The maximum absolute atomic E-state index is 12.6. The highest BCUT2D eigenvalue weighted by Crippen LogP contribution is 2.43. The summed E-state index contributed by atoms with van der Waals surface area (Å²) in [7, 11) is -4.76. The number of allylic oxidation sites excluding steroid dienone is 16. The van der Waals surface area contributed by atoms with Crippen molar-refractivity contribution < 1.29 is 52.6 Å². The number of carbonyl (C=O) groups is 3. The molecule has 0 rings (SSSR count). The number of nitrogens with two attached hydrogens (primary N) is 1. The summed E-state index contributed by atoms with van der Waals surface area (Å²) >= 11 is 0. The van der Waals surface area contributed by atoms with Gasteiger partial charge in [-0.25, -0.2) is 4.57 Å². The second kappa shape index (κ2) is 39.6. The average molecular weight is 846 g/mol. The van der Waals surface area contributed by atoms with E-state index in [2.05, 4.69) is 67.0 Å². The minimum atomic E-state index is -4.76. The summed E-state index contributed by atoms with van der Waals surface area (Å²) in [6.07, 6.45) is 47.9. The highest BCUT2D eigenvalue weighted by molar-refractivity contribution is 7.47. The van der Waals surface area contributed by atoms with Crippen LogP contribution in [0, 0.1) is 0 Å². The van der Waals surface area contributed by atoms with Crippen LogP contribution < -0.4 is 5.73 Å². The van der Waals surface area contributed by atoms with E-state index in [1.165, 1.54) is 19.3 Å². The molecule has 13 heteroatoms. The van der Waals surface area contributed by atoms with Crippen LogP contribution >= 0.6 is 7.82 Å². The molecule has 0 radical (unpaired) electrons. The molecule has 0 spiro atoms. The van der Waals surface area contributed by atoms with Gasteiger partial charge in [-0.3, -0.25) is 23.4 Å². The summed E-state index contributed by atoms with van der Waals surface area (Å²) in [5.41, 5.74) is 5.32. The third-order valence-electron chi connectivity index (χ3n) is 8.10. The van der Waals surface area contributed by atoms with Gasteiger partial charge in [0, 0.05) is 12.8 Å². The molecule has 0 aromatic carbocycles. The number of aliphatic carboxylic acids is 1. The minimum Gasteiger partial charge on any atom is -0.480 e. The number of aliphatic hydroxyl groups is 1. The normalized spacial score (nSPS) is 15.3. The van der Waals surface area contributed by atoms with Gasteiger partial charge in [0.15, 0.2) is 6.10 Å². The average Bonchev–Trinajstić information content (AvgIpc) is 3.20. The molecule has 12 nitrogen and oxygen atoms in total. The van der Waals surface area contributed by atoms with Crippen molar-refractivity contribution >= 4 is 25.7 Å². The number of phosphoric acid groups is 1. The van der Waals surface area contributed by atoms with Gasteiger partial charge in [0.2, 0.25) is 0 Å². The van der Waals surface area contributed by atoms with Crippen LogP contribution in [0.25, 0.3) is 0 Å². The predicted octanol–water partition coefficient (Wildman–Crippen LogP) is 10.0. The number of esters is 2. The van der Waals surface area contributed by atoms with Crippen molar-refractivity contribution in [3.63, 3.8) is 0 Å². The van der Waals surface area contributed by atoms with Gasteiger partial charge in [0.25, 0.3) is 0 Å². The summed E-state index contributed by atoms with van der Waals surface area (Å²) < 4.78 is 32.5. The Morgan fingerprint density at radius 3 is 1.75 bits per heavy atom. The van der Waals surface area contributed by atoms with Gasteiger partial charge in [0.05, 0.1) is 19.3 Å². The first-order chi connectivity index (χ1) is 28.5. The molecule has 0 aliphatic rings. The maximum Gasteiger partial charge on any atom is 0.472 e. The van der Waals surface area contributed by atoms with Gasteiger partial charge in [0.1, 0.15) is 12.6 Å². The van der Waals surface area contributed by atoms with E-state index < -0.39 is 63.8 Å². The van der Waals surface area contributed by atoms with Crippen LogP contribution in [-0.2, 0) is 37.5 Å². The SMILES string of the molecule is CC/C=C\CC(O)/C=C/C=C/C/C=C\C/C=C\C/C=C\CCC(=O)OC[C@H](COP(=O)(O)OC[C@H](N)C(=O)O)OC(=O)CCCC/C=C\C/C=C\C/C=C\CCCCC. The van der Waals surface area contributed by atoms with Crippen LogP contribution in [0.5, 0.6) is 0 Å². The van der Waals surface area contributed by atoms with Gasteiger partial charge in [-0.05, 0) is 83.5 Å². The number of carboxylic acid groups (broad SMARTS) is 1. The molecular weight excluding hydrogens is 773 g/mol. The quantitative estimate of drug-likeness (QED) is 0.0152. The van der Waals surface area contributed by atoms with Gasteiger partial charge in [-0.15, -0.1) is 0 Å². The third kappa shape index (κ3) is 39.3. The fraction of sp³-hybridized carbons (Fsp3) is 0.543. The molecule has 0 fully saturated rings. The van der Waals surface area contributed by atoms with Crippen molar-refractivity contribution in [2.75, 3.05) is 19.8 Å². The second-order valence-electron chi connectivity index (χ2n) is 13.6. The van der Waals surface area contributed by atoms with Crippen molar-refractivity contribution in [3.05, 3.63) is 109 Å². The zero-order valence-electron chi connectivity index (χ0n) is 35.4. The number of carboxylic acids is 1. The maximum atomic E-state index is 12.6. The Balaban J connectivity index is 4.63. The number of unbranched alkanes of at least 4 members (excludes halogenated alkanes) is 5. The number of hydrogen-bond acceptors (Lipinski definition) is 10. The standard InChI is InChI=1S/C46H72NO11P/c1-3-5-7-8-9-10-11-12-13-16-20-23-26-29-33-37-45(50)58-42(39-56-59(53,54)57-40-43(47)46(51)52)38-55-44(49)36-32-28-25-22-19-17-14-15-18-21-24-27-31-35-41(48)34-30-6-4-2/h6,9-10,12-13,15,17-20,23-25,27-28,30-31,35,41-43,48H,3-5,7-8,11,14,16,21-22,26,29,32-34,36-40,47H2,1-2H3,(H,51,52)(H,53,54)/b10-9-,13-12-,18-15-,19-17-,23-20-,27-24+,28-25-,30-6-,35-31+/t41?,42-,43+/m1/s1. The molecule has 0 heterocycles. The van der Waals surface area contributed by atoms with E-state index in [1.807, 2.05) is 54.7 Å². The molecule has 0 aliphatic heterocycles. The molecule has 4 atom stereocenters. The Labute approximate surface area is 353 Å². The minimum absolute atomic E-state index is 0.0657. The molecule has 0 aliphatic carbocycles. The van der Waals surface area contributed by atoms with Gasteiger partial charge < -0.3 is 30.3 Å². The fourth-order valence-corrected chi connectivity index (χ4v) is 5.55. The van der Waals surface area contributed by atoms with E-state index in [1.54, 1.807) is 6.08 Å². The van der Waals surface area contributed by atoms with Crippen LogP contribution in [0.2, 0.25) is 0 Å². The van der Waals surface area contributed by atoms with Crippen LogP contribution in [0.3, 0.4) is 0 Å². The zero-order chi connectivity index (χ0) is 43.7. The smallest absolute Gasteiger partial charge is 0.472 e. The summed E-state index contributed by atoms with van der Waals surface area (Å²) in [4.78, 5) is 45.9. The molecule has 0 saturated carbocycles. The van der Waals surface area contributed by atoms with Gasteiger partial charge in [-0.1, -0.05) is 136 Å². The first-order valence-corrected chi connectivity index (χ1v) is 22.5. The predicted molar refractivity (Wildman–Crippen MR) is 236 cm³/mol. The number of hydrogen-bond donors (Lipinski definition) is 4. The van der Waals surface area contributed by atoms with Crippen molar-refractivity contribution in [2.24, 2.45) is 5.73 Å². The van der Waals surface area contributed by atoms with Crippen molar-refractivity contribution in [1.29, 1.82) is 0 Å². The molecule has 2 unspecified atom stereocenters. The van der Waals surface area contributed by atoms with E-state index in [4.69, 9.17) is 24.8 Å². The van der Waals surface area contributed by atoms with Crippen LogP contribution in [-0.4, -0.2) is 71.1 Å². The molecule has 0 saturated heterocycles. The number of ether oxygens (including phenoxy) is 2. The molecular formula is C46H72NO11P. The Kier molecular flexibility index (Phi) is 36.9. The van der Waals surface area contributed by atoms with E-state index in [9.17, 15) is 28.9 Å². The van der Waals surface area contributed by atoms with E-state index in [0.29, 0.717) is 25.7 Å². The number of phosphoric ester groups is 1. The molecule has 0 aromatic rings. The summed E-state index contributed by atoms with van der Waals surface area (Å²) in [6, 6.07) is -1.55. The lowest BCUT2D eigenvalue weighted by molar-refractivity contribution is -0.161. The topological polar surface area (TPSA) is 192 Å².